The van der Waals surface area contributed by atoms with Crippen LogP contribution >= 0.6 is 0 Å². The lowest BCUT2D eigenvalue weighted by atomic mass is 9.93. The first-order chi connectivity index (χ1) is 10.1. The maximum Gasteiger partial charge on any atom is 0.131 e. The largest absolute Gasteiger partial charge is 0.497 e. The number of ether oxygens (including phenoxy) is 1. The number of nitrogens with one attached hydrogen (secondary N) is 1. The van der Waals surface area contributed by atoms with Crippen LogP contribution in [0.2, 0.25) is 0 Å². The lowest BCUT2D eigenvalue weighted by Crippen LogP contribution is -2.32. The van der Waals surface area contributed by atoms with Crippen molar-refractivity contribution in [2.75, 3.05) is 33.8 Å². The van der Waals surface area contributed by atoms with E-state index < -0.39 is 0 Å². The maximum atomic E-state index is 14.0. The summed E-state index contributed by atoms with van der Waals surface area (Å²) in [5.74, 6) is 1.17. The molecule has 0 spiro atoms. The first-order valence-electron chi connectivity index (χ1n) is 7.85. The van der Waals surface area contributed by atoms with Crippen LogP contribution in [-0.4, -0.2) is 38.7 Å². The van der Waals surface area contributed by atoms with Crippen LogP contribution in [0.4, 0.5) is 4.39 Å². The van der Waals surface area contributed by atoms with E-state index in [1.807, 2.05) is 13.0 Å². The first kappa shape index (κ1) is 16.2. The maximum absolute atomic E-state index is 14.0. The highest BCUT2D eigenvalue weighted by atomic mass is 19.1. The number of piperidine rings is 1. The molecule has 1 N–H and O–H groups in total. The predicted octanol–water partition coefficient (Wildman–Crippen LogP) is 3.22. The topological polar surface area (TPSA) is 24.5 Å². The Hall–Kier alpha value is -1.13. The van der Waals surface area contributed by atoms with E-state index in [-0.39, 0.29) is 11.9 Å². The lowest BCUT2D eigenvalue weighted by molar-refractivity contribution is 0.210. The van der Waals surface area contributed by atoms with Gasteiger partial charge in [0, 0.05) is 17.7 Å². The van der Waals surface area contributed by atoms with Crippen molar-refractivity contribution in [2.45, 2.75) is 32.2 Å². The number of halogens is 1. The van der Waals surface area contributed by atoms with Gasteiger partial charge in [-0.05, 0) is 64.9 Å². The van der Waals surface area contributed by atoms with Gasteiger partial charge in [0.2, 0.25) is 0 Å². The van der Waals surface area contributed by atoms with Crippen LogP contribution in [-0.2, 0) is 0 Å². The zero-order chi connectivity index (χ0) is 15.2. The van der Waals surface area contributed by atoms with E-state index in [2.05, 4.69) is 17.3 Å². The third kappa shape index (κ3) is 4.68. The molecular formula is C17H27FN2O. The third-order valence-electron chi connectivity index (χ3n) is 4.52. The molecule has 118 valence electrons. The zero-order valence-corrected chi connectivity index (χ0v) is 13.4. The van der Waals surface area contributed by atoms with Crippen molar-refractivity contribution in [1.82, 2.24) is 10.2 Å². The van der Waals surface area contributed by atoms with Crippen molar-refractivity contribution in [3.8, 4) is 5.75 Å². The number of benzene rings is 1. The molecule has 1 aliphatic heterocycles. The molecule has 1 saturated heterocycles. The van der Waals surface area contributed by atoms with E-state index >= 15 is 0 Å². The number of methoxy groups -OCH3 is 1. The highest BCUT2D eigenvalue weighted by Crippen LogP contribution is 2.23. The van der Waals surface area contributed by atoms with Crippen molar-refractivity contribution >= 4 is 0 Å². The van der Waals surface area contributed by atoms with Gasteiger partial charge in [-0.3, -0.25) is 0 Å². The molecule has 1 aromatic carbocycles. The van der Waals surface area contributed by atoms with Gasteiger partial charge >= 0.3 is 0 Å². The van der Waals surface area contributed by atoms with Crippen molar-refractivity contribution in [1.29, 1.82) is 0 Å². The molecule has 0 saturated carbocycles. The van der Waals surface area contributed by atoms with Crippen molar-refractivity contribution < 1.29 is 9.13 Å². The number of nitrogens with zero attached hydrogens (tertiary/aromatic N) is 1. The lowest BCUT2D eigenvalue weighted by Gasteiger charge is -2.29. The Kier molecular flexibility index (Phi) is 6.00. The molecule has 1 unspecified atom stereocenters. The Labute approximate surface area is 127 Å². The average molecular weight is 294 g/mol. The summed E-state index contributed by atoms with van der Waals surface area (Å²) in [6.07, 6.45) is 3.74. The molecule has 0 aliphatic carbocycles. The molecule has 1 heterocycles. The standard InChI is InChI=1S/C17H27FN2O/c1-13(16-5-4-15(21-3)12-17(16)18)19-9-6-14-7-10-20(2)11-8-14/h4-5,12-14,19H,6-11H2,1-3H3. The minimum atomic E-state index is -0.200. The predicted molar refractivity (Wildman–Crippen MR) is 84.2 cm³/mol. The molecule has 0 aromatic heterocycles. The second kappa shape index (κ2) is 7.76. The summed E-state index contributed by atoms with van der Waals surface area (Å²) in [5.41, 5.74) is 0.708. The van der Waals surface area contributed by atoms with Crippen LogP contribution in [0.25, 0.3) is 0 Å². The molecule has 4 heteroatoms. The Balaban J connectivity index is 1.78. The summed E-state index contributed by atoms with van der Waals surface area (Å²) in [6, 6.07) is 5.10. The summed E-state index contributed by atoms with van der Waals surface area (Å²) in [7, 11) is 3.74. The van der Waals surface area contributed by atoms with E-state index in [1.165, 1.54) is 38.4 Å². The second-order valence-electron chi connectivity index (χ2n) is 6.10. The van der Waals surface area contributed by atoms with Gasteiger partial charge < -0.3 is 15.0 Å². The molecule has 3 nitrogen and oxygen atoms in total. The molecule has 1 atom stereocenters. The number of rotatable bonds is 6. The van der Waals surface area contributed by atoms with E-state index in [4.69, 9.17) is 4.74 Å². The highest BCUT2D eigenvalue weighted by Gasteiger charge is 2.17. The summed E-state index contributed by atoms with van der Waals surface area (Å²) < 4.78 is 19.0. The summed E-state index contributed by atoms with van der Waals surface area (Å²) >= 11 is 0. The number of likely N-dealkylation sites (tertiary alicyclic amines) is 1. The number of hydrogen-bond acceptors (Lipinski definition) is 3. The van der Waals surface area contributed by atoms with Crippen molar-refractivity contribution in [2.24, 2.45) is 5.92 Å². The van der Waals surface area contributed by atoms with E-state index in [9.17, 15) is 4.39 Å². The van der Waals surface area contributed by atoms with Gasteiger partial charge in [-0.2, -0.15) is 0 Å². The SMILES string of the molecule is COc1ccc(C(C)NCCC2CCN(C)CC2)c(F)c1. The van der Waals surface area contributed by atoms with Gasteiger partial charge in [0.1, 0.15) is 11.6 Å². The number of hydrogen-bond donors (Lipinski definition) is 1. The first-order valence-corrected chi connectivity index (χ1v) is 7.85. The zero-order valence-electron chi connectivity index (χ0n) is 13.4. The summed E-state index contributed by atoms with van der Waals surface area (Å²) in [6.45, 7) is 5.36. The Morgan fingerprint density at radius 2 is 2.10 bits per heavy atom. The van der Waals surface area contributed by atoms with Crippen molar-refractivity contribution in [3.05, 3.63) is 29.6 Å². The summed E-state index contributed by atoms with van der Waals surface area (Å²) in [5, 5.41) is 3.44. The van der Waals surface area contributed by atoms with Gasteiger partial charge in [-0.1, -0.05) is 6.07 Å². The Bertz CT molecular complexity index is 444. The molecule has 2 rings (SSSR count). The van der Waals surface area contributed by atoms with E-state index in [0.29, 0.717) is 11.3 Å². The molecule has 21 heavy (non-hydrogen) atoms. The average Bonchev–Trinajstić information content (AvgIpc) is 2.49. The monoisotopic (exact) mass is 294 g/mol. The molecule has 0 amide bonds. The molecular weight excluding hydrogens is 267 g/mol. The minimum absolute atomic E-state index is 0.0298. The van der Waals surface area contributed by atoms with Crippen LogP contribution in [0.15, 0.2) is 18.2 Å². The minimum Gasteiger partial charge on any atom is -0.497 e. The Morgan fingerprint density at radius 3 is 2.71 bits per heavy atom. The highest BCUT2D eigenvalue weighted by molar-refractivity contribution is 5.30. The normalized spacial score (nSPS) is 18.7. The Morgan fingerprint density at radius 1 is 1.38 bits per heavy atom. The molecule has 1 aromatic rings. The quantitative estimate of drug-likeness (QED) is 0.872. The smallest absolute Gasteiger partial charge is 0.131 e. The second-order valence-corrected chi connectivity index (χ2v) is 6.10. The summed E-state index contributed by atoms with van der Waals surface area (Å²) in [4.78, 5) is 2.39. The van der Waals surface area contributed by atoms with Gasteiger partial charge in [0.05, 0.1) is 7.11 Å². The van der Waals surface area contributed by atoms with Crippen LogP contribution in [0.3, 0.4) is 0 Å². The fourth-order valence-corrected chi connectivity index (χ4v) is 2.95. The van der Waals surface area contributed by atoms with Crippen LogP contribution in [0.5, 0.6) is 5.75 Å². The van der Waals surface area contributed by atoms with E-state index in [1.54, 1.807) is 13.2 Å². The van der Waals surface area contributed by atoms with Crippen LogP contribution in [0.1, 0.15) is 37.8 Å². The van der Waals surface area contributed by atoms with Crippen LogP contribution in [0, 0.1) is 11.7 Å². The van der Waals surface area contributed by atoms with Gasteiger partial charge in [0.25, 0.3) is 0 Å². The molecule has 1 fully saturated rings. The van der Waals surface area contributed by atoms with Gasteiger partial charge in [0.15, 0.2) is 0 Å². The molecule has 0 bridgehead atoms. The van der Waals surface area contributed by atoms with Gasteiger partial charge in [-0.25, -0.2) is 4.39 Å². The fourth-order valence-electron chi connectivity index (χ4n) is 2.95. The molecule has 1 aliphatic rings. The van der Waals surface area contributed by atoms with E-state index in [0.717, 1.165) is 12.5 Å². The fraction of sp³-hybridized carbons (Fsp3) is 0.647. The third-order valence-corrected chi connectivity index (χ3v) is 4.52. The van der Waals surface area contributed by atoms with Crippen molar-refractivity contribution in [3.63, 3.8) is 0 Å². The molecule has 0 radical (unpaired) electrons. The van der Waals surface area contributed by atoms with Crippen LogP contribution < -0.4 is 10.1 Å². The van der Waals surface area contributed by atoms with Gasteiger partial charge in [-0.15, -0.1) is 0 Å².